The highest BCUT2D eigenvalue weighted by molar-refractivity contribution is 5.94. The Labute approximate surface area is 206 Å². The number of carbonyl (C=O) groups is 2. The van der Waals surface area contributed by atoms with Crippen LogP contribution in [0.4, 0.5) is 30.4 Å². The van der Waals surface area contributed by atoms with Gasteiger partial charge in [0.15, 0.2) is 0 Å². The molecular weight excluding hydrogens is 479 g/mol. The highest BCUT2D eigenvalue weighted by atomic mass is 19.4. The number of aromatic nitrogens is 1. The zero-order valence-corrected chi connectivity index (χ0v) is 19.8. The molecule has 2 aromatic rings. The smallest absolute Gasteiger partial charge is 0.406 e. The van der Waals surface area contributed by atoms with E-state index < -0.39 is 6.36 Å². The molecule has 1 aromatic carbocycles. The molecule has 2 amide bonds. The quantitative estimate of drug-likeness (QED) is 0.577. The lowest BCUT2D eigenvalue weighted by Crippen LogP contribution is -2.46. The number of pyridine rings is 1. The predicted molar refractivity (Wildman–Crippen MR) is 127 cm³/mol. The Balaban J connectivity index is 1.42. The van der Waals surface area contributed by atoms with Crippen molar-refractivity contribution < 1.29 is 32.2 Å². The van der Waals surface area contributed by atoms with Crippen molar-refractivity contribution in [2.45, 2.75) is 25.2 Å². The lowest BCUT2D eigenvalue weighted by molar-refractivity contribution is -0.274. The number of ether oxygens (including phenoxy) is 2. The van der Waals surface area contributed by atoms with E-state index in [4.69, 9.17) is 4.74 Å². The molecular formula is C24H28F3N5O4. The van der Waals surface area contributed by atoms with E-state index in [-0.39, 0.29) is 23.3 Å². The third-order valence-corrected chi connectivity index (χ3v) is 6.34. The molecule has 0 unspecified atom stereocenters. The summed E-state index contributed by atoms with van der Waals surface area (Å²) in [5.74, 6) is -0.0806. The number of hydrogen-bond donors (Lipinski definition) is 1. The van der Waals surface area contributed by atoms with E-state index in [0.717, 1.165) is 37.3 Å². The molecule has 2 aliphatic heterocycles. The van der Waals surface area contributed by atoms with E-state index in [9.17, 15) is 22.8 Å². The number of nitrogens with zero attached hydrogens (tertiary/aromatic N) is 4. The molecule has 194 valence electrons. The first-order valence-electron chi connectivity index (χ1n) is 11.7. The summed E-state index contributed by atoms with van der Waals surface area (Å²) in [6, 6.07) is 6.68. The maximum absolute atomic E-state index is 12.9. The van der Waals surface area contributed by atoms with Gasteiger partial charge in [-0.25, -0.2) is 4.98 Å². The molecule has 0 bridgehead atoms. The maximum atomic E-state index is 12.9. The largest absolute Gasteiger partial charge is 0.573 e. The van der Waals surface area contributed by atoms with Crippen molar-refractivity contribution in [2.24, 2.45) is 0 Å². The molecule has 12 heteroatoms. The summed E-state index contributed by atoms with van der Waals surface area (Å²) in [6.07, 6.45) is -1.13. The number of hydrogen-bond acceptors (Lipinski definition) is 7. The Bertz CT molecular complexity index is 1050. The lowest BCUT2D eigenvalue weighted by atomic mass is 10.0. The Morgan fingerprint density at radius 2 is 1.83 bits per heavy atom. The van der Waals surface area contributed by atoms with E-state index in [1.54, 1.807) is 23.0 Å². The predicted octanol–water partition coefficient (Wildman–Crippen LogP) is 3.13. The number of benzene rings is 1. The summed E-state index contributed by atoms with van der Waals surface area (Å²) in [7, 11) is 1.75. The van der Waals surface area contributed by atoms with Crippen LogP contribution in [0.5, 0.6) is 5.75 Å². The number of morpholine rings is 1. The number of halogens is 3. The van der Waals surface area contributed by atoms with E-state index in [0.29, 0.717) is 50.7 Å². The van der Waals surface area contributed by atoms with Gasteiger partial charge >= 0.3 is 6.36 Å². The molecule has 3 heterocycles. The fraction of sp³-hybridized carbons (Fsp3) is 0.458. The second-order valence-corrected chi connectivity index (χ2v) is 8.52. The standard InChI is InChI=1S/C24H28F3N5O4/c1-28-22-21(14-19(15-29-22)30-10-12-35-13-11-30)32(16-33)18-6-8-31(9-7-18)23(34)17-2-4-20(5-3-17)36-24(25,26)27/h2-5,14-16,18H,6-13H2,1H3,(H,28,29). The average molecular weight is 508 g/mol. The number of amides is 2. The van der Waals surface area contributed by atoms with Crippen LogP contribution in [-0.2, 0) is 9.53 Å². The fourth-order valence-electron chi connectivity index (χ4n) is 4.49. The summed E-state index contributed by atoms with van der Waals surface area (Å²) in [4.78, 5) is 35.0. The molecule has 0 aliphatic carbocycles. The van der Waals surface area contributed by atoms with Crippen molar-refractivity contribution in [1.82, 2.24) is 9.88 Å². The zero-order chi connectivity index (χ0) is 25.7. The topological polar surface area (TPSA) is 87.2 Å². The van der Waals surface area contributed by atoms with Crippen LogP contribution in [0, 0.1) is 0 Å². The minimum atomic E-state index is -4.79. The summed E-state index contributed by atoms with van der Waals surface area (Å²) < 4.78 is 46.4. The molecule has 36 heavy (non-hydrogen) atoms. The molecule has 2 fully saturated rings. The Morgan fingerprint density at radius 3 is 2.42 bits per heavy atom. The molecule has 2 saturated heterocycles. The number of alkyl halides is 3. The van der Waals surface area contributed by atoms with Crippen molar-refractivity contribution in [1.29, 1.82) is 0 Å². The normalized spacial score (nSPS) is 17.0. The first-order chi connectivity index (χ1) is 17.3. The van der Waals surface area contributed by atoms with E-state index in [2.05, 4.69) is 19.9 Å². The average Bonchev–Trinajstić information content (AvgIpc) is 2.89. The molecule has 0 radical (unpaired) electrons. The molecule has 1 N–H and O–H groups in total. The third-order valence-electron chi connectivity index (χ3n) is 6.34. The van der Waals surface area contributed by atoms with Crippen LogP contribution in [0.2, 0.25) is 0 Å². The van der Waals surface area contributed by atoms with Gasteiger partial charge < -0.3 is 29.5 Å². The maximum Gasteiger partial charge on any atom is 0.573 e. The number of carbonyl (C=O) groups excluding carboxylic acids is 2. The van der Waals surface area contributed by atoms with Crippen LogP contribution in [0.15, 0.2) is 36.5 Å². The number of nitrogens with one attached hydrogen (secondary N) is 1. The van der Waals surface area contributed by atoms with Crippen LogP contribution < -0.4 is 19.9 Å². The van der Waals surface area contributed by atoms with Crippen molar-refractivity contribution in [3.63, 3.8) is 0 Å². The number of rotatable bonds is 7. The molecule has 9 nitrogen and oxygen atoms in total. The first kappa shape index (κ1) is 25.5. The second-order valence-electron chi connectivity index (χ2n) is 8.52. The zero-order valence-electron chi connectivity index (χ0n) is 19.8. The molecule has 2 aliphatic rings. The van der Waals surface area contributed by atoms with Crippen LogP contribution in [0.25, 0.3) is 0 Å². The lowest BCUT2D eigenvalue weighted by Gasteiger charge is -2.37. The molecule has 4 rings (SSSR count). The van der Waals surface area contributed by atoms with Gasteiger partial charge in [-0.05, 0) is 43.2 Å². The summed E-state index contributed by atoms with van der Waals surface area (Å²) in [6.45, 7) is 3.55. The fourth-order valence-corrected chi connectivity index (χ4v) is 4.49. The van der Waals surface area contributed by atoms with Crippen molar-refractivity contribution in [2.75, 3.05) is 61.6 Å². The minimum Gasteiger partial charge on any atom is -0.406 e. The van der Waals surface area contributed by atoms with Crippen LogP contribution >= 0.6 is 0 Å². The van der Waals surface area contributed by atoms with Crippen LogP contribution in [0.3, 0.4) is 0 Å². The van der Waals surface area contributed by atoms with E-state index in [1.807, 2.05) is 6.07 Å². The van der Waals surface area contributed by atoms with Gasteiger partial charge in [0, 0.05) is 44.8 Å². The Kier molecular flexibility index (Phi) is 7.82. The molecule has 0 saturated carbocycles. The summed E-state index contributed by atoms with van der Waals surface area (Å²) in [5, 5.41) is 3.05. The first-order valence-corrected chi connectivity index (χ1v) is 11.7. The molecule has 1 aromatic heterocycles. The van der Waals surface area contributed by atoms with E-state index in [1.165, 1.54) is 12.1 Å². The monoisotopic (exact) mass is 507 g/mol. The SMILES string of the molecule is CNc1ncc(N2CCOCC2)cc1N(C=O)C1CCN(C(=O)c2ccc(OC(F)(F)F)cc2)CC1. The van der Waals surface area contributed by atoms with Gasteiger partial charge in [-0.2, -0.15) is 0 Å². The molecule has 0 spiro atoms. The Hall–Kier alpha value is -3.54. The van der Waals surface area contributed by atoms with Gasteiger partial charge in [0.2, 0.25) is 6.41 Å². The summed E-state index contributed by atoms with van der Waals surface area (Å²) in [5.41, 5.74) is 1.85. The van der Waals surface area contributed by atoms with Crippen molar-refractivity contribution in [3.8, 4) is 5.75 Å². The van der Waals surface area contributed by atoms with Crippen molar-refractivity contribution >= 4 is 29.5 Å². The second kappa shape index (κ2) is 11.0. The number of anilines is 3. The van der Waals surface area contributed by atoms with Gasteiger partial charge in [0.1, 0.15) is 11.6 Å². The van der Waals surface area contributed by atoms with Gasteiger partial charge in [0.05, 0.1) is 30.8 Å². The van der Waals surface area contributed by atoms with E-state index >= 15 is 0 Å². The van der Waals surface area contributed by atoms with Crippen molar-refractivity contribution in [3.05, 3.63) is 42.1 Å². The van der Waals surface area contributed by atoms with Crippen LogP contribution in [-0.4, -0.2) is 81.0 Å². The molecule has 0 atom stereocenters. The highest BCUT2D eigenvalue weighted by Gasteiger charge is 2.32. The number of piperidine rings is 1. The van der Waals surface area contributed by atoms with Gasteiger partial charge in [-0.3, -0.25) is 9.59 Å². The van der Waals surface area contributed by atoms with Gasteiger partial charge in [0.25, 0.3) is 5.91 Å². The Morgan fingerprint density at radius 1 is 1.17 bits per heavy atom. The number of likely N-dealkylation sites (tertiary alicyclic amines) is 1. The minimum absolute atomic E-state index is 0.136. The highest BCUT2D eigenvalue weighted by Crippen LogP contribution is 2.32. The van der Waals surface area contributed by atoms with Gasteiger partial charge in [-0.1, -0.05) is 0 Å². The third kappa shape index (κ3) is 5.99. The van der Waals surface area contributed by atoms with Crippen LogP contribution in [0.1, 0.15) is 23.2 Å². The summed E-state index contributed by atoms with van der Waals surface area (Å²) >= 11 is 0. The van der Waals surface area contributed by atoms with Gasteiger partial charge in [-0.15, -0.1) is 13.2 Å².